The van der Waals surface area contributed by atoms with Crippen molar-refractivity contribution in [1.29, 1.82) is 0 Å². The molecule has 0 aliphatic rings. The van der Waals surface area contributed by atoms with E-state index in [0.717, 1.165) is 11.0 Å². The fourth-order valence-electron chi connectivity index (χ4n) is 0.788. The molecular weight excluding hydrogens is 159 g/mol. The Hall–Kier alpha value is -0.510. The Morgan fingerprint density at radius 3 is 2.80 bits per heavy atom. The van der Waals surface area contributed by atoms with Gasteiger partial charge >= 0.3 is 0 Å². The summed E-state index contributed by atoms with van der Waals surface area (Å²) in [6.45, 7) is 0. The summed E-state index contributed by atoms with van der Waals surface area (Å²) >= 11 is 0. The largest absolute Gasteiger partial charge is 0.258 e. The van der Waals surface area contributed by atoms with Crippen molar-refractivity contribution in [3.8, 4) is 0 Å². The van der Waals surface area contributed by atoms with Crippen molar-refractivity contribution >= 4 is 11.0 Å². The minimum absolute atomic E-state index is 0. The molecule has 0 atom stereocenters. The maximum absolute atomic E-state index is 3.81. The SMILES string of the molecule is [Sc].c1ccc2[nH]nnc2c1. The topological polar surface area (TPSA) is 41.6 Å². The van der Waals surface area contributed by atoms with Crippen molar-refractivity contribution in [3.63, 3.8) is 0 Å². The zero-order valence-electron chi connectivity index (χ0n) is 5.28. The van der Waals surface area contributed by atoms with Gasteiger partial charge in [-0.2, -0.15) is 0 Å². The van der Waals surface area contributed by atoms with Crippen LogP contribution in [0.4, 0.5) is 0 Å². The third kappa shape index (κ3) is 1.16. The normalized spacial score (nSPS) is 9.20. The predicted molar refractivity (Wildman–Crippen MR) is 33.9 cm³/mol. The molecule has 1 heterocycles. The van der Waals surface area contributed by atoms with Gasteiger partial charge in [0.25, 0.3) is 0 Å². The molecule has 1 aromatic heterocycles. The molecule has 10 heavy (non-hydrogen) atoms. The van der Waals surface area contributed by atoms with Crippen LogP contribution in [0.3, 0.4) is 0 Å². The summed E-state index contributed by atoms with van der Waals surface area (Å²) in [6.07, 6.45) is 0. The average Bonchev–Trinajstić information content (AvgIpc) is 2.33. The van der Waals surface area contributed by atoms with E-state index in [1.54, 1.807) is 0 Å². The number of nitrogens with one attached hydrogen (secondary N) is 1. The summed E-state index contributed by atoms with van der Waals surface area (Å²) in [5.41, 5.74) is 1.90. The Labute approximate surface area is 76.6 Å². The van der Waals surface area contributed by atoms with E-state index in [9.17, 15) is 0 Å². The number of benzene rings is 1. The number of H-pyrrole nitrogens is 1. The van der Waals surface area contributed by atoms with E-state index in [1.165, 1.54) is 0 Å². The quantitative estimate of drug-likeness (QED) is 0.629. The maximum atomic E-state index is 3.81. The number of hydrogen-bond acceptors (Lipinski definition) is 2. The van der Waals surface area contributed by atoms with Crippen molar-refractivity contribution in [2.24, 2.45) is 0 Å². The first-order valence-corrected chi connectivity index (χ1v) is 2.72. The fraction of sp³-hybridized carbons (Fsp3) is 0. The molecular formula is C6H5N3Sc. The van der Waals surface area contributed by atoms with Crippen LogP contribution in [-0.4, -0.2) is 15.4 Å². The van der Waals surface area contributed by atoms with E-state index in [0.29, 0.717) is 0 Å². The van der Waals surface area contributed by atoms with Gasteiger partial charge in [0, 0.05) is 25.8 Å². The van der Waals surface area contributed by atoms with E-state index in [1.807, 2.05) is 24.3 Å². The van der Waals surface area contributed by atoms with Gasteiger partial charge in [-0.05, 0) is 12.1 Å². The number of aromatic amines is 1. The van der Waals surface area contributed by atoms with Gasteiger partial charge in [0.05, 0.1) is 5.52 Å². The number of nitrogens with zero attached hydrogens (tertiary/aromatic N) is 2. The molecule has 0 fully saturated rings. The van der Waals surface area contributed by atoms with Crippen LogP contribution in [0.15, 0.2) is 24.3 Å². The van der Waals surface area contributed by atoms with Gasteiger partial charge in [0.2, 0.25) is 0 Å². The van der Waals surface area contributed by atoms with Gasteiger partial charge in [0.15, 0.2) is 0 Å². The van der Waals surface area contributed by atoms with Crippen molar-refractivity contribution in [3.05, 3.63) is 24.3 Å². The Balaban J connectivity index is 0.000000500. The number of aromatic nitrogens is 3. The van der Waals surface area contributed by atoms with Crippen LogP contribution >= 0.6 is 0 Å². The first-order valence-electron chi connectivity index (χ1n) is 2.72. The Morgan fingerprint density at radius 2 is 2.00 bits per heavy atom. The molecule has 1 radical (unpaired) electrons. The van der Waals surface area contributed by atoms with E-state index in [2.05, 4.69) is 15.4 Å². The fourth-order valence-corrected chi connectivity index (χ4v) is 0.788. The van der Waals surface area contributed by atoms with Crippen molar-refractivity contribution in [1.82, 2.24) is 15.4 Å². The maximum Gasteiger partial charge on any atom is 0.112 e. The minimum atomic E-state index is 0. The molecule has 3 nitrogen and oxygen atoms in total. The van der Waals surface area contributed by atoms with Gasteiger partial charge in [-0.15, -0.1) is 5.10 Å². The third-order valence-electron chi connectivity index (χ3n) is 1.23. The standard InChI is InChI=1S/C6H5N3.Sc/c1-2-4-6-5(3-1)7-9-8-6;/h1-4H,(H,7,8,9);. The number of fused-ring (bicyclic) bond motifs is 1. The summed E-state index contributed by atoms with van der Waals surface area (Å²) in [4.78, 5) is 0. The second kappa shape index (κ2) is 3.05. The first-order chi connectivity index (χ1) is 4.47. The average molecular weight is 164 g/mol. The molecule has 47 valence electrons. The van der Waals surface area contributed by atoms with E-state index in [-0.39, 0.29) is 25.8 Å². The molecule has 0 unspecified atom stereocenters. The summed E-state index contributed by atoms with van der Waals surface area (Å²) in [7, 11) is 0. The molecule has 2 aromatic rings. The summed E-state index contributed by atoms with van der Waals surface area (Å²) < 4.78 is 0. The number of hydrogen-bond donors (Lipinski definition) is 1. The van der Waals surface area contributed by atoms with Crippen LogP contribution in [0, 0.1) is 0 Å². The van der Waals surface area contributed by atoms with Crippen molar-refractivity contribution in [2.45, 2.75) is 0 Å². The minimum Gasteiger partial charge on any atom is -0.258 e. The molecule has 0 saturated carbocycles. The Bertz CT molecular complexity index is 287. The molecule has 4 heteroatoms. The zero-order valence-corrected chi connectivity index (χ0v) is 7.08. The molecule has 0 saturated heterocycles. The van der Waals surface area contributed by atoms with Gasteiger partial charge in [-0.1, -0.05) is 17.3 Å². The first kappa shape index (κ1) is 7.60. The van der Waals surface area contributed by atoms with Crippen LogP contribution in [0.2, 0.25) is 0 Å². The van der Waals surface area contributed by atoms with Crippen LogP contribution in [-0.2, 0) is 25.8 Å². The van der Waals surface area contributed by atoms with Crippen molar-refractivity contribution < 1.29 is 25.8 Å². The summed E-state index contributed by atoms with van der Waals surface area (Å²) in [5.74, 6) is 0. The molecule has 0 bridgehead atoms. The zero-order chi connectivity index (χ0) is 6.10. The van der Waals surface area contributed by atoms with Crippen LogP contribution < -0.4 is 0 Å². The van der Waals surface area contributed by atoms with Gasteiger partial charge in [0.1, 0.15) is 5.52 Å². The summed E-state index contributed by atoms with van der Waals surface area (Å²) in [5, 5.41) is 10.2. The molecule has 1 aromatic carbocycles. The Kier molecular flexibility index (Phi) is 2.32. The number of para-hydroxylation sites is 1. The number of rotatable bonds is 0. The Morgan fingerprint density at radius 1 is 1.20 bits per heavy atom. The molecule has 0 aliphatic heterocycles. The van der Waals surface area contributed by atoms with E-state index < -0.39 is 0 Å². The smallest absolute Gasteiger partial charge is 0.112 e. The summed E-state index contributed by atoms with van der Waals surface area (Å²) in [6, 6.07) is 7.74. The predicted octanol–water partition coefficient (Wildman–Crippen LogP) is 0.955. The van der Waals surface area contributed by atoms with Crippen LogP contribution in [0.25, 0.3) is 11.0 Å². The third-order valence-corrected chi connectivity index (χ3v) is 1.23. The van der Waals surface area contributed by atoms with Gasteiger partial charge in [-0.25, -0.2) is 0 Å². The molecule has 0 aliphatic carbocycles. The van der Waals surface area contributed by atoms with Crippen LogP contribution in [0.1, 0.15) is 0 Å². The van der Waals surface area contributed by atoms with Gasteiger partial charge < -0.3 is 0 Å². The second-order valence-electron chi connectivity index (χ2n) is 1.83. The molecule has 0 amide bonds. The molecule has 1 N–H and O–H groups in total. The van der Waals surface area contributed by atoms with E-state index >= 15 is 0 Å². The van der Waals surface area contributed by atoms with Crippen molar-refractivity contribution in [2.75, 3.05) is 0 Å². The molecule has 2 rings (SSSR count). The van der Waals surface area contributed by atoms with Crippen LogP contribution in [0.5, 0.6) is 0 Å². The second-order valence-corrected chi connectivity index (χ2v) is 1.83. The van der Waals surface area contributed by atoms with Gasteiger partial charge in [-0.3, -0.25) is 5.10 Å². The molecule has 0 spiro atoms. The monoisotopic (exact) mass is 164 g/mol. The van der Waals surface area contributed by atoms with E-state index in [4.69, 9.17) is 0 Å².